The molecule has 1 saturated carbocycles. The number of phenolic OH excluding ortho intramolecular Hbond substituents is 1. The largest absolute Gasteiger partial charge is 0.507 e. The van der Waals surface area contributed by atoms with E-state index in [1.165, 1.54) is 12.3 Å². The first-order valence-electron chi connectivity index (χ1n) is 7.65. The summed E-state index contributed by atoms with van der Waals surface area (Å²) in [4.78, 5) is 25.2. The molecule has 2 bridgehead atoms. The number of hydrazone groups is 1. The topological polar surface area (TPSA) is 70.0 Å². The van der Waals surface area contributed by atoms with E-state index in [0.717, 1.165) is 17.9 Å². The van der Waals surface area contributed by atoms with Gasteiger partial charge in [-0.2, -0.15) is 10.1 Å². The fraction of sp³-hybridized carbons (Fsp3) is 0.353. The second kappa shape index (κ2) is 5.30. The maximum atomic E-state index is 12.6. The van der Waals surface area contributed by atoms with Crippen LogP contribution in [0.15, 0.2) is 39.9 Å². The van der Waals surface area contributed by atoms with Gasteiger partial charge in [-0.25, -0.2) is 0 Å². The highest BCUT2D eigenvalue weighted by molar-refractivity contribution is 9.10. The first-order chi connectivity index (χ1) is 11.1. The molecule has 1 aromatic carbocycles. The van der Waals surface area contributed by atoms with Gasteiger partial charge in [0.25, 0.3) is 11.8 Å². The Morgan fingerprint density at radius 1 is 1.13 bits per heavy atom. The number of phenols is 1. The number of aromatic hydroxyl groups is 1. The van der Waals surface area contributed by atoms with Crippen molar-refractivity contribution in [1.29, 1.82) is 0 Å². The molecule has 4 aliphatic rings. The minimum Gasteiger partial charge on any atom is -0.507 e. The molecule has 2 amide bonds. The molecule has 1 saturated heterocycles. The van der Waals surface area contributed by atoms with Crippen molar-refractivity contribution in [3.05, 3.63) is 40.4 Å². The van der Waals surface area contributed by atoms with Crippen LogP contribution >= 0.6 is 15.9 Å². The summed E-state index contributed by atoms with van der Waals surface area (Å²) in [5.41, 5.74) is 0.700. The predicted molar refractivity (Wildman–Crippen MR) is 87.6 cm³/mol. The number of imide groups is 1. The van der Waals surface area contributed by atoms with Gasteiger partial charge in [-0.15, -0.1) is 0 Å². The lowest BCUT2D eigenvalue weighted by Crippen LogP contribution is -2.38. The van der Waals surface area contributed by atoms with Gasteiger partial charge in [-0.1, -0.05) is 12.2 Å². The van der Waals surface area contributed by atoms with Crippen LogP contribution in [-0.2, 0) is 9.59 Å². The van der Waals surface area contributed by atoms with Crippen molar-refractivity contribution in [2.75, 3.05) is 0 Å². The Balaban J connectivity index is 1.60. The number of halogens is 1. The summed E-state index contributed by atoms with van der Waals surface area (Å²) in [6.45, 7) is 0. The van der Waals surface area contributed by atoms with Gasteiger partial charge in [0.05, 0.1) is 22.5 Å². The molecule has 0 radical (unpaired) electrons. The van der Waals surface area contributed by atoms with Crippen LogP contribution in [0, 0.1) is 23.7 Å². The highest BCUT2D eigenvalue weighted by Gasteiger charge is 2.56. The van der Waals surface area contributed by atoms with E-state index in [-0.39, 0.29) is 41.2 Å². The molecule has 5 rings (SSSR count). The molecule has 0 spiro atoms. The lowest BCUT2D eigenvalue weighted by atomic mass is 9.63. The zero-order chi connectivity index (χ0) is 16.1. The van der Waals surface area contributed by atoms with E-state index < -0.39 is 0 Å². The second-order valence-electron chi connectivity index (χ2n) is 6.29. The Labute approximate surface area is 141 Å². The third-order valence-electron chi connectivity index (χ3n) is 5.03. The number of amides is 2. The fourth-order valence-electron chi connectivity index (χ4n) is 3.90. The van der Waals surface area contributed by atoms with Gasteiger partial charge in [0.1, 0.15) is 5.75 Å². The molecule has 1 N–H and O–H groups in total. The van der Waals surface area contributed by atoms with Crippen LogP contribution in [0.2, 0.25) is 0 Å². The first-order valence-corrected chi connectivity index (χ1v) is 8.44. The zero-order valence-electron chi connectivity index (χ0n) is 12.2. The molecule has 118 valence electrons. The molecule has 23 heavy (non-hydrogen) atoms. The third-order valence-corrected chi connectivity index (χ3v) is 5.67. The molecular formula is C17H15BrN2O3. The quantitative estimate of drug-likeness (QED) is 0.491. The molecule has 5 nitrogen and oxygen atoms in total. The number of nitrogens with zero attached hydrogens (tertiary/aromatic N) is 2. The molecule has 2 fully saturated rings. The molecular weight excluding hydrogens is 360 g/mol. The fourth-order valence-corrected chi connectivity index (χ4v) is 4.30. The number of allylic oxidation sites excluding steroid dienone is 2. The van der Waals surface area contributed by atoms with Gasteiger partial charge < -0.3 is 5.11 Å². The van der Waals surface area contributed by atoms with Crippen LogP contribution in [0.1, 0.15) is 18.4 Å². The number of carbonyl (C=O) groups is 2. The number of benzene rings is 1. The van der Waals surface area contributed by atoms with Crippen molar-refractivity contribution in [3.63, 3.8) is 0 Å². The summed E-state index contributed by atoms with van der Waals surface area (Å²) in [6.07, 6.45) is 7.61. The summed E-state index contributed by atoms with van der Waals surface area (Å²) < 4.78 is 0.538. The van der Waals surface area contributed by atoms with Crippen molar-refractivity contribution in [2.24, 2.45) is 28.8 Å². The van der Waals surface area contributed by atoms with Gasteiger partial charge in [0.15, 0.2) is 0 Å². The smallest absolute Gasteiger partial charge is 0.254 e. The molecule has 0 unspecified atom stereocenters. The highest BCUT2D eigenvalue weighted by atomic mass is 79.9. The van der Waals surface area contributed by atoms with Crippen LogP contribution in [0.25, 0.3) is 0 Å². The molecule has 3 aliphatic carbocycles. The molecule has 1 heterocycles. The van der Waals surface area contributed by atoms with Crippen molar-refractivity contribution in [2.45, 2.75) is 12.8 Å². The van der Waals surface area contributed by atoms with E-state index >= 15 is 0 Å². The van der Waals surface area contributed by atoms with Crippen LogP contribution < -0.4 is 0 Å². The predicted octanol–water partition coefficient (Wildman–Crippen LogP) is 2.69. The van der Waals surface area contributed by atoms with Gasteiger partial charge in [0.2, 0.25) is 0 Å². The summed E-state index contributed by atoms with van der Waals surface area (Å²) in [7, 11) is 0. The molecule has 0 aromatic heterocycles. The summed E-state index contributed by atoms with van der Waals surface area (Å²) in [5, 5.41) is 14.7. The van der Waals surface area contributed by atoms with Crippen LogP contribution in [0.4, 0.5) is 0 Å². The summed E-state index contributed by atoms with van der Waals surface area (Å²) >= 11 is 3.23. The zero-order valence-corrected chi connectivity index (χ0v) is 13.8. The first kappa shape index (κ1) is 14.6. The summed E-state index contributed by atoms with van der Waals surface area (Å²) in [6, 6.07) is 4.89. The van der Waals surface area contributed by atoms with E-state index in [1.807, 2.05) is 0 Å². The van der Waals surface area contributed by atoms with Crippen LogP contribution in [-0.4, -0.2) is 28.1 Å². The monoisotopic (exact) mass is 374 g/mol. The van der Waals surface area contributed by atoms with Crippen molar-refractivity contribution >= 4 is 34.0 Å². The average molecular weight is 375 g/mol. The number of hydrogen-bond acceptors (Lipinski definition) is 4. The Morgan fingerprint density at radius 2 is 1.74 bits per heavy atom. The lowest BCUT2D eigenvalue weighted by Gasteiger charge is -2.37. The van der Waals surface area contributed by atoms with E-state index in [4.69, 9.17) is 0 Å². The minimum absolute atomic E-state index is 0.129. The summed E-state index contributed by atoms with van der Waals surface area (Å²) in [5.74, 6) is -0.385. The Kier molecular flexibility index (Phi) is 3.37. The minimum atomic E-state index is -0.241. The molecule has 1 aliphatic heterocycles. The molecule has 1 aromatic rings. The normalized spacial score (nSPS) is 32.1. The number of fused-ring (bicyclic) bond motifs is 1. The van der Waals surface area contributed by atoms with Gasteiger partial charge in [0, 0.05) is 0 Å². The highest BCUT2D eigenvalue weighted by Crippen LogP contribution is 2.49. The van der Waals surface area contributed by atoms with Gasteiger partial charge in [-0.05, 0) is 64.4 Å². The Bertz CT molecular complexity index is 726. The average Bonchev–Trinajstić information content (AvgIpc) is 2.83. The third kappa shape index (κ3) is 2.24. The van der Waals surface area contributed by atoms with Crippen LogP contribution in [0.3, 0.4) is 0 Å². The second-order valence-corrected chi connectivity index (χ2v) is 7.14. The van der Waals surface area contributed by atoms with E-state index in [2.05, 4.69) is 33.2 Å². The van der Waals surface area contributed by atoms with Gasteiger partial charge >= 0.3 is 0 Å². The maximum absolute atomic E-state index is 12.6. The number of carbonyl (C=O) groups excluding carboxylic acids is 2. The van der Waals surface area contributed by atoms with Crippen molar-refractivity contribution in [1.82, 2.24) is 5.01 Å². The standard InChI is InChI=1S/C17H15BrN2O3/c18-12-7-9(1-6-13(12)21)8-19-20-16(22)14-10-2-3-11(5-4-10)15(14)17(20)23/h1-3,6-8,10-11,14-15,21H,4-5H2/b19-8-/t10-,11-,14+,15+/m0/s1. The van der Waals surface area contributed by atoms with Crippen molar-refractivity contribution in [3.8, 4) is 5.75 Å². The van der Waals surface area contributed by atoms with Crippen LogP contribution in [0.5, 0.6) is 5.75 Å². The van der Waals surface area contributed by atoms with Crippen molar-refractivity contribution < 1.29 is 14.7 Å². The van der Waals surface area contributed by atoms with E-state index in [0.29, 0.717) is 10.0 Å². The maximum Gasteiger partial charge on any atom is 0.254 e. The molecule has 6 heteroatoms. The Hall–Kier alpha value is -1.95. The number of rotatable bonds is 2. The van der Waals surface area contributed by atoms with E-state index in [9.17, 15) is 14.7 Å². The SMILES string of the molecule is O=C1[C@H]2[C@H](C(=O)N1/N=C\c1ccc(O)c(Br)c1)[C@H]1C=C[C@H]2CC1. The Morgan fingerprint density at radius 3 is 2.26 bits per heavy atom. The number of hydrogen-bond donors (Lipinski definition) is 1. The van der Waals surface area contributed by atoms with E-state index in [1.54, 1.807) is 12.1 Å². The van der Waals surface area contributed by atoms with Gasteiger partial charge in [-0.3, -0.25) is 9.59 Å². The lowest BCUT2D eigenvalue weighted by molar-refractivity contribution is -0.140. The molecule has 4 atom stereocenters.